The molecule has 0 heterocycles. The van der Waals surface area contributed by atoms with Crippen LogP contribution in [0.5, 0.6) is 0 Å². The summed E-state index contributed by atoms with van der Waals surface area (Å²) in [6, 6.07) is 11.8. The predicted molar refractivity (Wildman–Crippen MR) is 65.8 cm³/mol. The molecule has 0 saturated heterocycles. The molecule has 0 aromatic heterocycles. The molecule has 6 nitrogen and oxygen atoms in total. The molecule has 2 rings (SSSR count). The van der Waals surface area contributed by atoms with Crippen molar-refractivity contribution in [2.45, 2.75) is 4.90 Å². The summed E-state index contributed by atoms with van der Waals surface area (Å²) in [6.07, 6.45) is 0. The lowest BCUT2D eigenvalue weighted by Gasteiger charge is -2.02. The van der Waals surface area contributed by atoms with Crippen LogP contribution in [-0.4, -0.2) is 22.8 Å². The highest BCUT2D eigenvalue weighted by atomic mass is 32.2. The lowest BCUT2D eigenvalue weighted by molar-refractivity contribution is 0.405. The first kappa shape index (κ1) is 14.7. The molecule has 0 atom stereocenters. The van der Waals surface area contributed by atoms with Crippen LogP contribution in [0.15, 0.2) is 47.4 Å². The molecule has 8 heteroatoms. The van der Waals surface area contributed by atoms with Crippen molar-refractivity contribution in [1.29, 1.82) is 0 Å². The first-order chi connectivity index (χ1) is 8.32. The van der Waals surface area contributed by atoms with Gasteiger partial charge in [0, 0.05) is 9.95 Å². The third-order valence-electron chi connectivity index (χ3n) is 2.03. The van der Waals surface area contributed by atoms with Gasteiger partial charge in [-0.15, -0.1) is 9.79 Å². The topological polar surface area (TPSA) is 112 Å². The largest absolute Gasteiger partial charge is 0.692 e. The summed E-state index contributed by atoms with van der Waals surface area (Å²) in [6.45, 7) is 0. The van der Waals surface area contributed by atoms with Gasteiger partial charge in [0.25, 0.3) is 10.1 Å². The van der Waals surface area contributed by atoms with E-state index in [-0.39, 0.29) is 4.90 Å². The summed E-state index contributed by atoms with van der Waals surface area (Å²) in [5, 5.41) is 1.33. The van der Waals surface area contributed by atoms with Crippen molar-refractivity contribution in [1.82, 2.24) is 0 Å². The quantitative estimate of drug-likeness (QED) is 0.544. The predicted octanol–water partition coefficient (Wildman–Crippen LogP) is 1.71. The van der Waals surface area contributed by atoms with Gasteiger partial charge in [0.15, 0.2) is 0 Å². The Balaban J connectivity index is 0.000000357. The molecule has 0 fully saturated rings. The fourth-order valence-corrected chi connectivity index (χ4v) is 2.13. The van der Waals surface area contributed by atoms with E-state index in [1.807, 2.05) is 6.07 Å². The van der Waals surface area contributed by atoms with Gasteiger partial charge >= 0.3 is 8.25 Å². The van der Waals surface area contributed by atoms with Crippen LogP contribution in [0, 0.1) is 0 Å². The maximum absolute atomic E-state index is 11.0. The van der Waals surface area contributed by atoms with Gasteiger partial charge < -0.3 is 0 Å². The average Bonchev–Trinajstić information content (AvgIpc) is 2.26. The van der Waals surface area contributed by atoms with Crippen LogP contribution in [0.4, 0.5) is 0 Å². The van der Waals surface area contributed by atoms with Gasteiger partial charge in [-0.3, -0.25) is 4.55 Å². The van der Waals surface area contributed by atoms with Crippen molar-refractivity contribution >= 4 is 29.1 Å². The Bertz CT molecular complexity index is 658. The SMILES string of the molecule is O=S(=O)(O)c1cccc2ccccc12.O=[P+](O)O. The van der Waals surface area contributed by atoms with Gasteiger partial charge in [-0.2, -0.15) is 8.42 Å². The summed E-state index contributed by atoms with van der Waals surface area (Å²) < 4.78 is 39.7. The Morgan fingerprint density at radius 1 is 0.944 bits per heavy atom. The van der Waals surface area contributed by atoms with Crippen molar-refractivity contribution in [2.24, 2.45) is 0 Å². The van der Waals surface area contributed by atoms with E-state index in [0.29, 0.717) is 5.39 Å². The maximum Gasteiger partial charge on any atom is 0.692 e. The summed E-state index contributed by atoms with van der Waals surface area (Å²) in [4.78, 5) is 14.2. The highest BCUT2D eigenvalue weighted by Gasteiger charge is 2.12. The Hall–Kier alpha value is -1.37. The van der Waals surface area contributed by atoms with Crippen LogP contribution < -0.4 is 0 Å². The molecule has 2 aromatic rings. The summed E-state index contributed by atoms with van der Waals surface area (Å²) in [5.41, 5.74) is 0. The van der Waals surface area contributed by atoms with Crippen LogP contribution in [0.3, 0.4) is 0 Å². The van der Waals surface area contributed by atoms with E-state index in [9.17, 15) is 8.42 Å². The van der Waals surface area contributed by atoms with Crippen molar-refractivity contribution < 1.29 is 27.3 Å². The Kier molecular flexibility index (Phi) is 4.89. The summed E-state index contributed by atoms with van der Waals surface area (Å²) >= 11 is 0. The molecular formula is C10H10O6PS+. The highest BCUT2D eigenvalue weighted by molar-refractivity contribution is 7.86. The number of fused-ring (bicyclic) bond motifs is 1. The molecule has 18 heavy (non-hydrogen) atoms. The molecule has 0 aliphatic carbocycles. The van der Waals surface area contributed by atoms with E-state index in [2.05, 4.69) is 0 Å². The van der Waals surface area contributed by atoms with E-state index < -0.39 is 18.4 Å². The van der Waals surface area contributed by atoms with Gasteiger partial charge in [-0.1, -0.05) is 36.4 Å². The monoisotopic (exact) mass is 289 g/mol. The molecule has 0 spiro atoms. The van der Waals surface area contributed by atoms with Crippen LogP contribution in [0.2, 0.25) is 0 Å². The summed E-state index contributed by atoms with van der Waals surface area (Å²) in [5.74, 6) is 0. The van der Waals surface area contributed by atoms with Crippen molar-refractivity contribution in [3.63, 3.8) is 0 Å². The minimum atomic E-state index is -4.13. The third kappa shape index (κ3) is 4.14. The first-order valence-electron chi connectivity index (χ1n) is 4.62. The fraction of sp³-hybridized carbons (Fsp3) is 0. The lowest BCUT2D eigenvalue weighted by Crippen LogP contribution is -1.98. The maximum atomic E-state index is 11.0. The third-order valence-corrected chi connectivity index (χ3v) is 2.94. The van der Waals surface area contributed by atoms with E-state index in [1.54, 1.807) is 30.3 Å². The van der Waals surface area contributed by atoms with Gasteiger partial charge in [0.1, 0.15) is 4.90 Å². The van der Waals surface area contributed by atoms with E-state index in [4.69, 9.17) is 18.9 Å². The fourth-order valence-electron chi connectivity index (χ4n) is 1.42. The Morgan fingerprint density at radius 3 is 2.00 bits per heavy atom. The molecule has 96 valence electrons. The zero-order chi connectivity index (χ0) is 13.8. The van der Waals surface area contributed by atoms with Crippen LogP contribution in [0.25, 0.3) is 10.8 Å². The first-order valence-corrected chi connectivity index (χ1v) is 7.23. The van der Waals surface area contributed by atoms with Crippen molar-refractivity contribution in [2.75, 3.05) is 0 Å². The molecule has 0 bridgehead atoms. The average molecular weight is 289 g/mol. The minimum absolute atomic E-state index is 0.0457. The normalized spacial score (nSPS) is 10.6. The van der Waals surface area contributed by atoms with E-state index >= 15 is 0 Å². The Morgan fingerprint density at radius 2 is 1.44 bits per heavy atom. The highest BCUT2D eigenvalue weighted by Crippen LogP contribution is 2.21. The second kappa shape index (κ2) is 5.99. The van der Waals surface area contributed by atoms with Gasteiger partial charge in [0.2, 0.25) is 0 Å². The molecule has 0 aliphatic heterocycles. The lowest BCUT2D eigenvalue weighted by atomic mass is 10.1. The number of hydrogen-bond donors (Lipinski definition) is 3. The number of hydrogen-bond acceptors (Lipinski definition) is 3. The second-order valence-electron chi connectivity index (χ2n) is 3.21. The van der Waals surface area contributed by atoms with Crippen molar-refractivity contribution in [3.05, 3.63) is 42.5 Å². The molecule has 0 saturated carbocycles. The zero-order valence-corrected chi connectivity index (χ0v) is 10.7. The molecule has 0 radical (unpaired) electrons. The molecule has 2 aromatic carbocycles. The van der Waals surface area contributed by atoms with Crippen LogP contribution in [0.1, 0.15) is 0 Å². The Labute approximate surface area is 104 Å². The van der Waals surface area contributed by atoms with Gasteiger partial charge in [-0.25, -0.2) is 0 Å². The van der Waals surface area contributed by atoms with Gasteiger partial charge in [-0.05, 0) is 11.5 Å². The molecule has 0 unspecified atom stereocenters. The van der Waals surface area contributed by atoms with Gasteiger partial charge in [0.05, 0.1) is 0 Å². The molecule has 0 amide bonds. The number of benzene rings is 2. The van der Waals surface area contributed by atoms with Crippen LogP contribution in [-0.2, 0) is 14.7 Å². The second-order valence-corrected chi connectivity index (χ2v) is 5.10. The van der Waals surface area contributed by atoms with E-state index in [1.165, 1.54) is 6.07 Å². The molecule has 3 N–H and O–H groups in total. The standard InChI is InChI=1S/C10H8O3S.HO3P/c11-14(12,13)10-7-3-5-8-4-1-2-6-9(8)10;1-4(2)3/h1-7H,(H,11,12,13);(H-,1,2,3)/p+1. The summed E-state index contributed by atoms with van der Waals surface area (Å²) in [7, 11) is -7.00. The van der Waals surface area contributed by atoms with Crippen LogP contribution >= 0.6 is 8.25 Å². The zero-order valence-electron chi connectivity index (χ0n) is 8.96. The minimum Gasteiger partial charge on any atom is -0.282 e. The smallest absolute Gasteiger partial charge is 0.282 e. The van der Waals surface area contributed by atoms with E-state index in [0.717, 1.165) is 5.39 Å². The molecule has 0 aliphatic rings. The van der Waals surface area contributed by atoms with Crippen molar-refractivity contribution in [3.8, 4) is 0 Å². The molecular weight excluding hydrogens is 279 g/mol. The number of rotatable bonds is 1.